The van der Waals surface area contributed by atoms with Gasteiger partial charge in [-0.25, -0.2) is 0 Å². The molecule has 1 aromatic heterocycles. The number of hydrogen-bond donors (Lipinski definition) is 1. The van der Waals surface area contributed by atoms with Crippen LogP contribution in [0.25, 0.3) is 0 Å². The molecule has 2 heteroatoms. The monoisotopic (exact) mass is 229 g/mol. The molecular formula is C15H19NO. The lowest BCUT2D eigenvalue weighted by Crippen LogP contribution is -2.17. The van der Waals surface area contributed by atoms with Gasteiger partial charge in [0.25, 0.3) is 0 Å². The van der Waals surface area contributed by atoms with Crippen LogP contribution in [0.3, 0.4) is 0 Å². The lowest BCUT2D eigenvalue weighted by molar-refractivity contribution is 0.416. The molecule has 1 heterocycles. The molecular weight excluding hydrogens is 210 g/mol. The van der Waals surface area contributed by atoms with Crippen molar-refractivity contribution in [2.24, 2.45) is 0 Å². The summed E-state index contributed by atoms with van der Waals surface area (Å²) in [4.78, 5) is 0. The quantitative estimate of drug-likeness (QED) is 0.863. The molecule has 17 heavy (non-hydrogen) atoms. The molecule has 90 valence electrons. The fourth-order valence-electron chi connectivity index (χ4n) is 1.76. The van der Waals surface area contributed by atoms with Crippen molar-refractivity contribution in [2.75, 3.05) is 0 Å². The molecule has 1 unspecified atom stereocenters. The van der Waals surface area contributed by atoms with Crippen LogP contribution in [0.2, 0.25) is 0 Å². The minimum absolute atomic E-state index is 0.241. The third kappa shape index (κ3) is 3.21. The van der Waals surface area contributed by atoms with Gasteiger partial charge in [0.05, 0.1) is 6.04 Å². The second-order valence-electron chi connectivity index (χ2n) is 4.54. The predicted molar refractivity (Wildman–Crippen MR) is 69.9 cm³/mol. The maximum absolute atomic E-state index is 5.59. The van der Waals surface area contributed by atoms with Gasteiger partial charge in [0, 0.05) is 6.54 Å². The summed E-state index contributed by atoms with van der Waals surface area (Å²) in [5.41, 5.74) is 2.59. The van der Waals surface area contributed by atoms with Crippen LogP contribution in [0.4, 0.5) is 0 Å². The highest BCUT2D eigenvalue weighted by Gasteiger charge is 2.08. The third-order valence-electron chi connectivity index (χ3n) is 2.92. The maximum Gasteiger partial charge on any atom is 0.120 e. The molecule has 1 N–H and O–H groups in total. The third-order valence-corrected chi connectivity index (χ3v) is 2.92. The molecule has 0 aliphatic rings. The van der Waals surface area contributed by atoms with Crippen LogP contribution in [0.5, 0.6) is 0 Å². The number of nitrogens with one attached hydrogen (secondary N) is 1. The Hall–Kier alpha value is -1.54. The highest BCUT2D eigenvalue weighted by atomic mass is 16.3. The molecule has 0 spiro atoms. The minimum atomic E-state index is 0.241. The lowest BCUT2D eigenvalue weighted by Gasteiger charge is -2.11. The van der Waals surface area contributed by atoms with E-state index in [-0.39, 0.29) is 6.04 Å². The van der Waals surface area contributed by atoms with Crippen LogP contribution in [0.15, 0.2) is 40.8 Å². The first-order chi connectivity index (χ1) is 8.15. The summed E-state index contributed by atoms with van der Waals surface area (Å²) in [5, 5.41) is 3.45. The van der Waals surface area contributed by atoms with Crippen LogP contribution in [-0.4, -0.2) is 0 Å². The summed E-state index contributed by atoms with van der Waals surface area (Å²) < 4.78 is 5.59. The van der Waals surface area contributed by atoms with E-state index in [0.29, 0.717) is 0 Å². The number of benzene rings is 1. The van der Waals surface area contributed by atoms with E-state index < -0.39 is 0 Å². The van der Waals surface area contributed by atoms with Crippen LogP contribution in [0.1, 0.15) is 35.6 Å². The van der Waals surface area contributed by atoms with Gasteiger partial charge in [-0.05, 0) is 38.5 Å². The van der Waals surface area contributed by atoms with E-state index in [4.69, 9.17) is 4.42 Å². The van der Waals surface area contributed by atoms with Gasteiger partial charge in [-0.15, -0.1) is 0 Å². The molecule has 1 aromatic carbocycles. The Labute approximate surface area is 103 Å². The standard InChI is InChI=1S/C15H19NO/c1-11-4-7-14(8-5-11)10-16-13(3)15-9-6-12(2)17-15/h4-9,13,16H,10H2,1-3H3. The molecule has 0 radical (unpaired) electrons. The van der Waals surface area contributed by atoms with E-state index in [1.54, 1.807) is 0 Å². The fourth-order valence-corrected chi connectivity index (χ4v) is 1.76. The number of hydrogen-bond acceptors (Lipinski definition) is 2. The molecule has 2 aromatic rings. The smallest absolute Gasteiger partial charge is 0.120 e. The van der Waals surface area contributed by atoms with Crippen molar-refractivity contribution in [2.45, 2.75) is 33.4 Å². The van der Waals surface area contributed by atoms with Crippen LogP contribution >= 0.6 is 0 Å². The van der Waals surface area contributed by atoms with Gasteiger partial charge in [-0.3, -0.25) is 0 Å². The summed E-state index contributed by atoms with van der Waals surface area (Å²) in [5.74, 6) is 1.96. The van der Waals surface area contributed by atoms with Crippen LogP contribution in [0, 0.1) is 13.8 Å². The van der Waals surface area contributed by atoms with Gasteiger partial charge in [-0.2, -0.15) is 0 Å². The molecule has 2 nitrogen and oxygen atoms in total. The zero-order chi connectivity index (χ0) is 12.3. The first-order valence-electron chi connectivity index (χ1n) is 6.00. The van der Waals surface area contributed by atoms with Crippen LogP contribution < -0.4 is 5.32 Å². The summed E-state index contributed by atoms with van der Waals surface area (Å²) in [6, 6.07) is 12.9. The van der Waals surface area contributed by atoms with Crippen molar-refractivity contribution in [1.29, 1.82) is 0 Å². The maximum atomic E-state index is 5.59. The largest absolute Gasteiger partial charge is 0.465 e. The number of aryl methyl sites for hydroxylation is 2. The van der Waals surface area contributed by atoms with Gasteiger partial charge in [0.1, 0.15) is 11.5 Å². The summed E-state index contributed by atoms with van der Waals surface area (Å²) in [6.45, 7) is 7.05. The highest BCUT2D eigenvalue weighted by Crippen LogP contribution is 2.16. The molecule has 1 atom stereocenters. The van der Waals surface area contributed by atoms with E-state index in [2.05, 4.69) is 43.4 Å². The molecule has 0 aliphatic heterocycles. The Balaban J connectivity index is 1.92. The summed E-state index contributed by atoms with van der Waals surface area (Å²) >= 11 is 0. The van der Waals surface area contributed by atoms with E-state index in [1.165, 1.54) is 11.1 Å². The topological polar surface area (TPSA) is 25.2 Å². The minimum Gasteiger partial charge on any atom is -0.465 e. The Bertz CT molecular complexity index is 470. The second kappa shape index (κ2) is 5.19. The fraction of sp³-hybridized carbons (Fsp3) is 0.333. The molecule has 2 rings (SSSR count). The molecule has 0 amide bonds. The zero-order valence-corrected chi connectivity index (χ0v) is 10.7. The Morgan fingerprint density at radius 1 is 1.06 bits per heavy atom. The number of rotatable bonds is 4. The van der Waals surface area contributed by atoms with Gasteiger partial charge >= 0.3 is 0 Å². The molecule has 0 saturated carbocycles. The molecule has 0 fully saturated rings. The van der Waals surface area contributed by atoms with Gasteiger partial charge in [-0.1, -0.05) is 29.8 Å². The molecule has 0 aliphatic carbocycles. The average molecular weight is 229 g/mol. The lowest BCUT2D eigenvalue weighted by atomic mass is 10.1. The van der Waals surface area contributed by atoms with E-state index in [0.717, 1.165) is 18.1 Å². The number of furan rings is 1. The second-order valence-corrected chi connectivity index (χ2v) is 4.54. The Morgan fingerprint density at radius 3 is 2.35 bits per heavy atom. The van der Waals surface area contributed by atoms with E-state index in [1.807, 2.05) is 19.1 Å². The van der Waals surface area contributed by atoms with Gasteiger partial charge in [0.2, 0.25) is 0 Å². The van der Waals surface area contributed by atoms with Gasteiger partial charge < -0.3 is 9.73 Å². The predicted octanol–water partition coefficient (Wildman–Crippen LogP) is 3.75. The normalized spacial score (nSPS) is 12.6. The zero-order valence-electron chi connectivity index (χ0n) is 10.7. The first-order valence-corrected chi connectivity index (χ1v) is 6.00. The summed E-state index contributed by atoms with van der Waals surface area (Å²) in [6.07, 6.45) is 0. The molecule has 0 bridgehead atoms. The van der Waals surface area contributed by atoms with Crippen molar-refractivity contribution in [3.8, 4) is 0 Å². The van der Waals surface area contributed by atoms with Crippen molar-refractivity contribution < 1.29 is 4.42 Å². The summed E-state index contributed by atoms with van der Waals surface area (Å²) in [7, 11) is 0. The van der Waals surface area contributed by atoms with Crippen molar-refractivity contribution >= 4 is 0 Å². The van der Waals surface area contributed by atoms with E-state index in [9.17, 15) is 0 Å². The van der Waals surface area contributed by atoms with Crippen molar-refractivity contribution in [3.63, 3.8) is 0 Å². The van der Waals surface area contributed by atoms with Crippen molar-refractivity contribution in [3.05, 3.63) is 59.0 Å². The van der Waals surface area contributed by atoms with E-state index >= 15 is 0 Å². The Morgan fingerprint density at radius 2 is 1.76 bits per heavy atom. The van der Waals surface area contributed by atoms with Crippen LogP contribution in [-0.2, 0) is 6.54 Å². The highest BCUT2D eigenvalue weighted by molar-refractivity contribution is 5.21. The molecule has 0 saturated heterocycles. The average Bonchev–Trinajstić information content (AvgIpc) is 2.75. The first kappa shape index (κ1) is 11.9. The Kier molecular flexibility index (Phi) is 3.64. The SMILES string of the molecule is Cc1ccc(CNC(C)c2ccc(C)o2)cc1. The van der Waals surface area contributed by atoms with Crippen molar-refractivity contribution in [1.82, 2.24) is 5.32 Å². The van der Waals surface area contributed by atoms with Gasteiger partial charge in [0.15, 0.2) is 0 Å².